The molecule has 0 amide bonds. The number of aryl methyl sites for hydroxylation is 1. The molecular weight excluding hydrogens is 246 g/mol. The summed E-state index contributed by atoms with van der Waals surface area (Å²) in [4.78, 5) is 0. The van der Waals surface area contributed by atoms with Crippen molar-refractivity contribution in [3.8, 4) is 5.75 Å². The minimum absolute atomic E-state index is 0.479. The first kappa shape index (κ1) is 15.4. The Bertz CT molecular complexity index is 408. The number of methoxy groups -OCH3 is 1. The topological polar surface area (TPSA) is 21.3 Å². The van der Waals surface area contributed by atoms with Gasteiger partial charge in [-0.15, -0.1) is 0 Å². The monoisotopic (exact) mass is 275 g/mol. The quantitative estimate of drug-likeness (QED) is 0.791. The fraction of sp³-hybridized carbons (Fsp3) is 0.667. The molecule has 1 aliphatic carbocycles. The molecule has 0 radical (unpaired) electrons. The molecule has 112 valence electrons. The van der Waals surface area contributed by atoms with Crippen molar-refractivity contribution in [1.82, 2.24) is 5.32 Å². The first-order chi connectivity index (χ1) is 9.76. The fourth-order valence-corrected chi connectivity index (χ4v) is 3.45. The highest BCUT2D eigenvalue weighted by Gasteiger charge is 2.24. The van der Waals surface area contributed by atoms with E-state index >= 15 is 0 Å². The molecule has 0 heterocycles. The van der Waals surface area contributed by atoms with E-state index in [0.29, 0.717) is 6.04 Å². The number of benzene rings is 1. The normalized spacial score (nSPS) is 18.6. The molecule has 0 bridgehead atoms. The van der Waals surface area contributed by atoms with Crippen molar-refractivity contribution in [2.45, 2.75) is 58.4 Å². The van der Waals surface area contributed by atoms with E-state index in [4.69, 9.17) is 4.74 Å². The molecule has 1 saturated carbocycles. The molecule has 1 fully saturated rings. The van der Waals surface area contributed by atoms with E-state index in [9.17, 15) is 0 Å². The second-order valence-electron chi connectivity index (χ2n) is 6.02. The molecule has 20 heavy (non-hydrogen) atoms. The summed E-state index contributed by atoms with van der Waals surface area (Å²) in [5, 5.41) is 3.71. The smallest absolute Gasteiger partial charge is 0.122 e. The minimum Gasteiger partial charge on any atom is -0.496 e. The summed E-state index contributed by atoms with van der Waals surface area (Å²) in [6, 6.07) is 7.17. The van der Waals surface area contributed by atoms with Crippen LogP contribution in [0.3, 0.4) is 0 Å². The molecule has 1 unspecified atom stereocenters. The Morgan fingerprint density at radius 1 is 1.20 bits per heavy atom. The van der Waals surface area contributed by atoms with Crippen LogP contribution in [0.4, 0.5) is 0 Å². The molecule has 2 heteroatoms. The Morgan fingerprint density at radius 2 is 1.90 bits per heavy atom. The van der Waals surface area contributed by atoms with Crippen LogP contribution >= 0.6 is 0 Å². The van der Waals surface area contributed by atoms with E-state index < -0.39 is 0 Å². The molecular formula is C18H29NO. The lowest BCUT2D eigenvalue weighted by atomic mass is 9.86. The van der Waals surface area contributed by atoms with Crippen LogP contribution in [-0.4, -0.2) is 13.7 Å². The van der Waals surface area contributed by atoms with Crippen molar-refractivity contribution >= 4 is 0 Å². The summed E-state index contributed by atoms with van der Waals surface area (Å²) in [5.74, 6) is 1.78. The third-order valence-electron chi connectivity index (χ3n) is 4.59. The van der Waals surface area contributed by atoms with Gasteiger partial charge < -0.3 is 10.1 Å². The minimum atomic E-state index is 0.479. The molecule has 1 aliphatic rings. The summed E-state index contributed by atoms with van der Waals surface area (Å²) in [7, 11) is 1.76. The lowest BCUT2D eigenvalue weighted by molar-refractivity contribution is 0.328. The van der Waals surface area contributed by atoms with Gasteiger partial charge in [-0.05, 0) is 49.4 Å². The number of nitrogens with one attached hydrogen (secondary N) is 1. The predicted molar refractivity (Wildman–Crippen MR) is 85.3 cm³/mol. The van der Waals surface area contributed by atoms with E-state index in [2.05, 4.69) is 37.4 Å². The van der Waals surface area contributed by atoms with Gasteiger partial charge in [0.1, 0.15) is 5.75 Å². The van der Waals surface area contributed by atoms with Crippen LogP contribution in [0.5, 0.6) is 5.75 Å². The summed E-state index contributed by atoms with van der Waals surface area (Å²) in [5.41, 5.74) is 2.61. The maximum Gasteiger partial charge on any atom is 0.122 e. The van der Waals surface area contributed by atoms with Crippen LogP contribution in [0.1, 0.15) is 62.6 Å². The van der Waals surface area contributed by atoms with Crippen molar-refractivity contribution in [3.63, 3.8) is 0 Å². The number of hydrogen-bond acceptors (Lipinski definition) is 2. The van der Waals surface area contributed by atoms with Gasteiger partial charge in [-0.3, -0.25) is 0 Å². The second-order valence-corrected chi connectivity index (χ2v) is 6.02. The molecule has 1 atom stereocenters. The first-order valence-electron chi connectivity index (χ1n) is 8.14. The van der Waals surface area contributed by atoms with Crippen LogP contribution in [0.15, 0.2) is 18.2 Å². The van der Waals surface area contributed by atoms with Gasteiger partial charge in [0.05, 0.1) is 7.11 Å². The van der Waals surface area contributed by atoms with E-state index in [0.717, 1.165) is 18.2 Å². The number of ether oxygens (including phenoxy) is 1. The molecule has 1 N–H and O–H groups in total. The zero-order chi connectivity index (χ0) is 14.4. The Labute approximate surface area is 123 Å². The standard InChI is InChI=1S/C18H29NO/c1-4-19-18(15-9-7-5-6-8-10-15)16-12-11-14(2)17(13-16)20-3/h11-13,15,18-19H,4-10H2,1-3H3. The van der Waals surface area contributed by atoms with Gasteiger partial charge in [0.25, 0.3) is 0 Å². The zero-order valence-electron chi connectivity index (χ0n) is 13.2. The van der Waals surface area contributed by atoms with E-state index in [1.807, 2.05) is 0 Å². The lowest BCUT2D eigenvalue weighted by Crippen LogP contribution is -2.28. The number of rotatable bonds is 5. The maximum absolute atomic E-state index is 5.50. The Morgan fingerprint density at radius 3 is 2.50 bits per heavy atom. The van der Waals surface area contributed by atoms with E-state index in [1.54, 1.807) is 7.11 Å². The van der Waals surface area contributed by atoms with Crippen molar-refractivity contribution in [3.05, 3.63) is 29.3 Å². The molecule has 0 saturated heterocycles. The van der Waals surface area contributed by atoms with Crippen molar-refractivity contribution < 1.29 is 4.74 Å². The summed E-state index contributed by atoms with van der Waals surface area (Å²) >= 11 is 0. The largest absolute Gasteiger partial charge is 0.496 e. The third-order valence-corrected chi connectivity index (χ3v) is 4.59. The first-order valence-corrected chi connectivity index (χ1v) is 8.14. The van der Waals surface area contributed by atoms with Crippen molar-refractivity contribution in [2.75, 3.05) is 13.7 Å². The van der Waals surface area contributed by atoms with Crippen LogP contribution < -0.4 is 10.1 Å². The third kappa shape index (κ3) is 3.76. The van der Waals surface area contributed by atoms with Crippen LogP contribution in [0.2, 0.25) is 0 Å². The highest BCUT2D eigenvalue weighted by atomic mass is 16.5. The average Bonchev–Trinajstić information content (AvgIpc) is 2.74. The Hall–Kier alpha value is -1.02. The Balaban J connectivity index is 2.22. The molecule has 0 aromatic heterocycles. The summed E-state index contributed by atoms with van der Waals surface area (Å²) < 4.78 is 5.50. The molecule has 1 aromatic rings. The average molecular weight is 275 g/mol. The zero-order valence-corrected chi connectivity index (χ0v) is 13.2. The molecule has 1 aromatic carbocycles. The van der Waals surface area contributed by atoms with Gasteiger partial charge in [-0.1, -0.05) is 44.7 Å². The van der Waals surface area contributed by atoms with Gasteiger partial charge in [0.15, 0.2) is 0 Å². The van der Waals surface area contributed by atoms with Crippen LogP contribution in [0.25, 0.3) is 0 Å². The van der Waals surface area contributed by atoms with Crippen molar-refractivity contribution in [2.24, 2.45) is 5.92 Å². The highest BCUT2D eigenvalue weighted by Crippen LogP contribution is 2.35. The van der Waals surface area contributed by atoms with E-state index in [-0.39, 0.29) is 0 Å². The second kappa shape index (κ2) is 7.68. The SMILES string of the molecule is CCNC(c1ccc(C)c(OC)c1)C1CCCCCC1. The fourth-order valence-electron chi connectivity index (χ4n) is 3.45. The predicted octanol–water partition coefficient (Wildman–Crippen LogP) is 4.62. The molecule has 0 spiro atoms. The summed E-state index contributed by atoms with van der Waals surface area (Å²) in [6.45, 7) is 5.34. The molecule has 2 rings (SSSR count). The van der Waals surface area contributed by atoms with Gasteiger partial charge in [0, 0.05) is 6.04 Å². The molecule has 0 aliphatic heterocycles. The van der Waals surface area contributed by atoms with Crippen molar-refractivity contribution in [1.29, 1.82) is 0 Å². The van der Waals surface area contributed by atoms with Gasteiger partial charge in [-0.25, -0.2) is 0 Å². The van der Waals surface area contributed by atoms with Gasteiger partial charge in [-0.2, -0.15) is 0 Å². The summed E-state index contributed by atoms with van der Waals surface area (Å²) in [6.07, 6.45) is 8.30. The number of hydrogen-bond donors (Lipinski definition) is 1. The van der Waals surface area contributed by atoms with Crippen LogP contribution in [0, 0.1) is 12.8 Å². The van der Waals surface area contributed by atoms with E-state index in [1.165, 1.54) is 49.7 Å². The van der Waals surface area contributed by atoms with Crippen LogP contribution in [-0.2, 0) is 0 Å². The van der Waals surface area contributed by atoms with Gasteiger partial charge >= 0.3 is 0 Å². The van der Waals surface area contributed by atoms with Gasteiger partial charge in [0.2, 0.25) is 0 Å². The lowest BCUT2D eigenvalue weighted by Gasteiger charge is -2.28. The highest BCUT2D eigenvalue weighted by molar-refractivity contribution is 5.38. The maximum atomic E-state index is 5.50. The molecule has 2 nitrogen and oxygen atoms in total. The Kier molecular flexibility index (Phi) is 5.90.